The second-order valence-electron chi connectivity index (χ2n) is 6.35. The maximum atomic E-state index is 6.27. The summed E-state index contributed by atoms with van der Waals surface area (Å²) >= 11 is 1.76. The van der Waals surface area contributed by atoms with Crippen molar-refractivity contribution in [2.75, 3.05) is 0 Å². The second-order valence-corrected chi connectivity index (χ2v) is 7.59. The van der Waals surface area contributed by atoms with E-state index >= 15 is 0 Å². The van der Waals surface area contributed by atoms with Crippen molar-refractivity contribution in [2.24, 2.45) is 0 Å². The molecule has 0 amide bonds. The minimum atomic E-state index is -0.341. The molecular formula is C21H24O2S. The molecule has 0 aromatic heterocycles. The fraction of sp³-hybridized carbons (Fsp3) is 0.333. The van der Waals surface area contributed by atoms with Crippen LogP contribution in [0.4, 0.5) is 0 Å². The highest BCUT2D eigenvalue weighted by molar-refractivity contribution is 7.99. The number of rotatable bonds is 6. The lowest BCUT2D eigenvalue weighted by Gasteiger charge is -2.40. The third kappa shape index (κ3) is 4.73. The second kappa shape index (κ2) is 8.02. The van der Waals surface area contributed by atoms with Crippen LogP contribution in [-0.2, 0) is 16.1 Å². The van der Waals surface area contributed by atoms with Crippen molar-refractivity contribution in [1.82, 2.24) is 0 Å². The lowest BCUT2D eigenvalue weighted by atomic mass is 9.94. The Morgan fingerprint density at radius 2 is 1.83 bits per heavy atom. The predicted octanol–water partition coefficient (Wildman–Crippen LogP) is 5.45. The number of benzene rings is 2. The van der Waals surface area contributed by atoms with Crippen LogP contribution in [0.3, 0.4) is 0 Å². The number of thioether (sulfide) groups is 1. The molecule has 0 unspecified atom stereocenters. The average Bonchev–Trinajstić information content (AvgIpc) is 2.61. The van der Waals surface area contributed by atoms with Gasteiger partial charge in [-0.2, -0.15) is 0 Å². The molecule has 24 heavy (non-hydrogen) atoms. The maximum Gasteiger partial charge on any atom is 0.111 e. The Hall–Kier alpha value is -1.55. The Balaban J connectivity index is 1.64. The zero-order chi connectivity index (χ0) is 16.8. The van der Waals surface area contributed by atoms with Crippen molar-refractivity contribution in [3.05, 3.63) is 78.9 Å². The van der Waals surface area contributed by atoms with Gasteiger partial charge in [-0.25, -0.2) is 0 Å². The van der Waals surface area contributed by atoms with Gasteiger partial charge in [-0.05, 0) is 24.6 Å². The van der Waals surface area contributed by atoms with Gasteiger partial charge in [-0.1, -0.05) is 66.4 Å². The van der Waals surface area contributed by atoms with Crippen molar-refractivity contribution < 1.29 is 9.47 Å². The third-order valence-corrected chi connectivity index (χ3v) is 5.36. The third-order valence-electron chi connectivity index (χ3n) is 4.26. The van der Waals surface area contributed by atoms with Crippen molar-refractivity contribution in [1.29, 1.82) is 0 Å². The van der Waals surface area contributed by atoms with Gasteiger partial charge >= 0.3 is 0 Å². The zero-order valence-corrected chi connectivity index (χ0v) is 14.9. The quantitative estimate of drug-likeness (QED) is 0.652. The summed E-state index contributed by atoms with van der Waals surface area (Å²) in [5, 5.41) is 0. The number of ether oxygens (including phenoxy) is 2. The lowest BCUT2D eigenvalue weighted by Crippen LogP contribution is -2.42. The highest BCUT2D eigenvalue weighted by Crippen LogP contribution is 2.38. The summed E-state index contributed by atoms with van der Waals surface area (Å²) in [6.45, 7) is 6.69. The van der Waals surface area contributed by atoms with Gasteiger partial charge in [0.15, 0.2) is 0 Å². The summed E-state index contributed by atoms with van der Waals surface area (Å²) in [6.07, 6.45) is 3.80. The molecule has 0 spiro atoms. The molecule has 0 aliphatic carbocycles. The van der Waals surface area contributed by atoms with Crippen LogP contribution in [0.2, 0.25) is 0 Å². The van der Waals surface area contributed by atoms with E-state index in [-0.39, 0.29) is 17.1 Å². The van der Waals surface area contributed by atoms with Gasteiger partial charge < -0.3 is 9.47 Å². The Bertz CT molecular complexity index is 643. The SMILES string of the molecule is C=C[C@@]1(C)C[C@H](OCc2ccccc2)C[C@@H](Sc2ccccc2)O1. The minimum absolute atomic E-state index is 0.0740. The van der Waals surface area contributed by atoms with Crippen LogP contribution in [0.25, 0.3) is 0 Å². The van der Waals surface area contributed by atoms with Crippen LogP contribution >= 0.6 is 11.8 Å². The van der Waals surface area contributed by atoms with Gasteiger partial charge in [0.25, 0.3) is 0 Å². The molecule has 1 aliphatic heterocycles. The first-order valence-corrected chi connectivity index (χ1v) is 9.23. The van der Waals surface area contributed by atoms with Crippen LogP contribution in [0.5, 0.6) is 0 Å². The fourth-order valence-electron chi connectivity index (χ4n) is 2.92. The lowest BCUT2D eigenvalue weighted by molar-refractivity contribution is -0.117. The van der Waals surface area contributed by atoms with E-state index in [1.54, 1.807) is 11.8 Å². The fourth-order valence-corrected chi connectivity index (χ4v) is 4.11. The molecule has 2 nitrogen and oxygen atoms in total. The molecule has 0 radical (unpaired) electrons. The van der Waals surface area contributed by atoms with E-state index < -0.39 is 0 Å². The largest absolute Gasteiger partial charge is 0.373 e. The molecule has 3 atom stereocenters. The topological polar surface area (TPSA) is 18.5 Å². The van der Waals surface area contributed by atoms with E-state index in [9.17, 15) is 0 Å². The number of hydrogen-bond acceptors (Lipinski definition) is 3. The Morgan fingerprint density at radius 3 is 2.50 bits per heavy atom. The smallest absolute Gasteiger partial charge is 0.111 e. The van der Waals surface area contributed by atoms with Gasteiger partial charge in [0.2, 0.25) is 0 Å². The van der Waals surface area contributed by atoms with Crippen LogP contribution < -0.4 is 0 Å². The molecule has 2 aromatic carbocycles. The molecule has 1 aliphatic rings. The Kier molecular flexibility index (Phi) is 5.77. The summed E-state index contributed by atoms with van der Waals surface area (Å²) in [7, 11) is 0. The van der Waals surface area contributed by atoms with Gasteiger partial charge in [-0.15, -0.1) is 6.58 Å². The van der Waals surface area contributed by atoms with E-state index in [1.807, 2.05) is 30.3 Å². The molecule has 126 valence electrons. The Labute approximate surface area is 148 Å². The molecule has 1 fully saturated rings. The van der Waals surface area contributed by atoms with Gasteiger partial charge in [0.1, 0.15) is 5.44 Å². The molecule has 3 heteroatoms. The maximum absolute atomic E-state index is 6.27. The Morgan fingerprint density at radius 1 is 1.17 bits per heavy atom. The molecule has 1 saturated heterocycles. The highest BCUT2D eigenvalue weighted by Gasteiger charge is 2.37. The van der Waals surface area contributed by atoms with Crippen molar-refractivity contribution in [3.8, 4) is 0 Å². The summed E-state index contributed by atoms with van der Waals surface area (Å²) < 4.78 is 12.5. The van der Waals surface area contributed by atoms with Gasteiger partial charge in [-0.3, -0.25) is 0 Å². The molecule has 0 saturated carbocycles. The van der Waals surface area contributed by atoms with Crippen molar-refractivity contribution in [3.63, 3.8) is 0 Å². The van der Waals surface area contributed by atoms with E-state index in [4.69, 9.17) is 9.47 Å². The first-order chi connectivity index (χ1) is 11.7. The average molecular weight is 340 g/mol. The molecule has 1 heterocycles. The minimum Gasteiger partial charge on any atom is -0.373 e. The van der Waals surface area contributed by atoms with Crippen LogP contribution in [0.15, 0.2) is 78.2 Å². The van der Waals surface area contributed by atoms with E-state index in [2.05, 4.69) is 49.9 Å². The van der Waals surface area contributed by atoms with E-state index in [0.717, 1.165) is 12.8 Å². The van der Waals surface area contributed by atoms with Crippen molar-refractivity contribution >= 4 is 11.8 Å². The van der Waals surface area contributed by atoms with Crippen LogP contribution in [0, 0.1) is 0 Å². The number of hydrogen-bond donors (Lipinski definition) is 0. The summed E-state index contributed by atoms with van der Waals surface area (Å²) in [5.41, 5.74) is 0.938. The molecule has 3 rings (SSSR count). The highest BCUT2D eigenvalue weighted by atomic mass is 32.2. The first-order valence-electron chi connectivity index (χ1n) is 8.35. The molecule has 0 N–H and O–H groups in total. The summed E-state index contributed by atoms with van der Waals surface area (Å²) in [4.78, 5) is 1.22. The first kappa shape index (κ1) is 17.3. The standard InChI is InChI=1S/C21H24O2S/c1-3-21(2)15-18(22-16-17-10-6-4-7-11-17)14-20(23-21)24-19-12-8-5-9-13-19/h3-13,18,20H,1,14-16H2,2H3/t18-,20-,21+/m1/s1. The van der Waals surface area contributed by atoms with E-state index in [1.165, 1.54) is 10.5 Å². The summed E-state index contributed by atoms with van der Waals surface area (Å²) in [6, 6.07) is 20.7. The van der Waals surface area contributed by atoms with E-state index in [0.29, 0.717) is 6.61 Å². The monoisotopic (exact) mass is 340 g/mol. The molecular weight excluding hydrogens is 316 g/mol. The predicted molar refractivity (Wildman–Crippen MR) is 100 cm³/mol. The summed E-state index contributed by atoms with van der Waals surface area (Å²) in [5.74, 6) is 0. The van der Waals surface area contributed by atoms with Crippen LogP contribution in [0.1, 0.15) is 25.3 Å². The normalized spacial score (nSPS) is 26.9. The van der Waals surface area contributed by atoms with Crippen molar-refractivity contribution in [2.45, 2.75) is 48.4 Å². The molecule has 0 bridgehead atoms. The van der Waals surface area contributed by atoms with Crippen LogP contribution in [-0.4, -0.2) is 17.1 Å². The van der Waals surface area contributed by atoms with Gasteiger partial charge in [0, 0.05) is 17.7 Å². The zero-order valence-electron chi connectivity index (χ0n) is 14.1. The van der Waals surface area contributed by atoms with Gasteiger partial charge in [0.05, 0.1) is 18.3 Å². The molecule has 2 aromatic rings.